The number of rotatable bonds is 1. The van der Waals surface area contributed by atoms with Gasteiger partial charge in [0.1, 0.15) is 0 Å². The van der Waals surface area contributed by atoms with Crippen LogP contribution in [-0.2, 0) is 0 Å². The van der Waals surface area contributed by atoms with Crippen LogP contribution in [0.2, 0.25) is 0 Å². The van der Waals surface area contributed by atoms with Gasteiger partial charge in [-0.25, -0.2) is 0 Å². The molecule has 3 aliphatic rings. The van der Waals surface area contributed by atoms with Crippen LogP contribution in [0.1, 0.15) is 11.1 Å². The van der Waals surface area contributed by atoms with Gasteiger partial charge >= 0.3 is 7.12 Å². The lowest BCUT2D eigenvalue weighted by molar-refractivity contribution is 0.426. The Balaban J connectivity index is 1.97. The van der Waals surface area contributed by atoms with Gasteiger partial charge in [-0.15, -0.1) is 0 Å². The summed E-state index contributed by atoms with van der Waals surface area (Å²) >= 11 is 6.41. The molecule has 1 aliphatic heterocycles. The summed E-state index contributed by atoms with van der Waals surface area (Å²) in [6.45, 7) is 0. The summed E-state index contributed by atoms with van der Waals surface area (Å²) in [4.78, 5) is 4.39. The van der Waals surface area contributed by atoms with Crippen molar-refractivity contribution in [2.24, 2.45) is 16.8 Å². The van der Waals surface area contributed by atoms with Gasteiger partial charge in [0, 0.05) is 18.1 Å². The summed E-state index contributed by atoms with van der Waals surface area (Å²) in [7, 11) is -1.50. The minimum atomic E-state index is -1.50. The zero-order valence-corrected chi connectivity index (χ0v) is 12.4. The Bertz CT molecular complexity index is 805. The van der Waals surface area contributed by atoms with E-state index in [9.17, 15) is 10.0 Å². The average Bonchev–Trinajstić information content (AvgIpc) is 2.54. The van der Waals surface area contributed by atoms with Crippen molar-refractivity contribution in [2.75, 3.05) is 0 Å². The van der Waals surface area contributed by atoms with Crippen LogP contribution in [0.25, 0.3) is 11.0 Å². The molecule has 0 saturated carbocycles. The molecule has 2 N–H and O–H groups in total. The van der Waals surface area contributed by atoms with Crippen molar-refractivity contribution in [2.45, 2.75) is 0 Å². The first-order valence-corrected chi connectivity index (χ1v) is 7.54. The lowest BCUT2D eigenvalue weighted by Crippen LogP contribution is -2.27. The van der Waals surface area contributed by atoms with Crippen LogP contribution in [-0.4, -0.2) is 23.4 Å². The van der Waals surface area contributed by atoms with Crippen molar-refractivity contribution in [3.63, 3.8) is 0 Å². The number of nitrogens with zero attached hydrogens (tertiary/aromatic N) is 1. The lowest BCUT2D eigenvalue weighted by Gasteiger charge is -2.35. The molecule has 0 bridgehead atoms. The maximum Gasteiger partial charge on any atom is 0.488 e. The minimum Gasteiger partial charge on any atom is -0.423 e. The molecule has 2 aliphatic carbocycles. The highest BCUT2D eigenvalue weighted by atomic mass is 35.5. The molecule has 0 spiro atoms. The van der Waals surface area contributed by atoms with Crippen molar-refractivity contribution >= 4 is 36.0 Å². The highest BCUT2D eigenvalue weighted by Gasteiger charge is 2.37. The topological polar surface area (TPSA) is 52.8 Å². The molecule has 0 amide bonds. The van der Waals surface area contributed by atoms with Crippen LogP contribution in [0.15, 0.2) is 64.3 Å². The number of aliphatic imine (C=N–C) groups is 1. The van der Waals surface area contributed by atoms with Crippen LogP contribution in [0.4, 0.5) is 0 Å². The molecule has 1 heterocycles. The molecule has 3 nitrogen and oxygen atoms in total. The third kappa shape index (κ3) is 1.96. The van der Waals surface area contributed by atoms with Gasteiger partial charge in [-0.1, -0.05) is 48.0 Å². The molecule has 2 atom stereocenters. The van der Waals surface area contributed by atoms with Gasteiger partial charge in [0.2, 0.25) is 0 Å². The molecule has 0 fully saturated rings. The average molecular weight is 310 g/mol. The Morgan fingerprint density at radius 2 is 1.86 bits per heavy atom. The second-order valence-corrected chi connectivity index (χ2v) is 6.00. The van der Waals surface area contributed by atoms with Crippen molar-refractivity contribution in [3.8, 4) is 0 Å². The van der Waals surface area contributed by atoms with E-state index in [1.54, 1.807) is 6.21 Å². The Kier molecular flexibility index (Phi) is 3.19. The third-order valence-corrected chi connectivity index (χ3v) is 4.70. The largest absolute Gasteiger partial charge is 0.488 e. The van der Waals surface area contributed by atoms with E-state index in [2.05, 4.69) is 11.1 Å². The van der Waals surface area contributed by atoms with E-state index in [1.807, 2.05) is 42.5 Å². The van der Waals surface area contributed by atoms with Crippen LogP contribution >= 0.6 is 11.6 Å². The molecule has 108 valence electrons. The molecule has 22 heavy (non-hydrogen) atoms. The van der Waals surface area contributed by atoms with E-state index in [1.165, 1.54) is 0 Å². The summed E-state index contributed by atoms with van der Waals surface area (Å²) in [5, 5.41) is 20.1. The molecular weight excluding hydrogens is 296 g/mol. The summed E-state index contributed by atoms with van der Waals surface area (Å²) in [6, 6.07) is 7.74. The first-order valence-electron chi connectivity index (χ1n) is 7.16. The standard InChI is InChI=1S/C17H13BClNO2/c19-16-9-14-10-4-1-2-5-11(10)15(18(21)22)8-13(14)12-6-3-7-20-17(12)16/h1-9,12-13,21-22H. The fraction of sp³-hybridized carbons (Fsp3) is 0.118. The normalized spacial score (nSPS) is 25.0. The van der Waals surface area contributed by atoms with Gasteiger partial charge in [0.25, 0.3) is 0 Å². The zero-order chi connectivity index (χ0) is 15.3. The number of allylic oxidation sites excluding steroid dienone is 6. The van der Waals surface area contributed by atoms with Crippen molar-refractivity contribution in [1.82, 2.24) is 0 Å². The molecule has 2 unspecified atom stereocenters. The third-order valence-electron chi connectivity index (χ3n) is 4.39. The Hall–Kier alpha value is -1.88. The van der Waals surface area contributed by atoms with E-state index in [-0.39, 0.29) is 11.8 Å². The second-order valence-electron chi connectivity index (χ2n) is 5.59. The molecule has 0 aromatic heterocycles. The number of benzene rings is 1. The summed E-state index contributed by atoms with van der Waals surface area (Å²) in [6.07, 6.45) is 9.58. The smallest absolute Gasteiger partial charge is 0.423 e. The maximum atomic E-state index is 9.74. The monoisotopic (exact) mass is 309 g/mol. The van der Waals surface area contributed by atoms with Gasteiger partial charge in [-0.2, -0.15) is 0 Å². The zero-order valence-electron chi connectivity index (χ0n) is 11.6. The molecule has 4 rings (SSSR count). The molecule has 0 radical (unpaired) electrons. The Morgan fingerprint density at radius 1 is 1.09 bits per heavy atom. The lowest BCUT2D eigenvalue weighted by atomic mass is 9.63. The van der Waals surface area contributed by atoms with Crippen molar-refractivity contribution in [3.05, 3.63) is 70.4 Å². The maximum absolute atomic E-state index is 9.74. The summed E-state index contributed by atoms with van der Waals surface area (Å²) in [5.41, 5.74) is 4.31. The van der Waals surface area contributed by atoms with Crippen molar-refractivity contribution in [1.29, 1.82) is 0 Å². The fourth-order valence-corrected chi connectivity index (χ4v) is 3.72. The predicted octanol–water partition coefficient (Wildman–Crippen LogP) is 2.82. The quantitative estimate of drug-likeness (QED) is 0.784. The van der Waals surface area contributed by atoms with Gasteiger partial charge in [0.15, 0.2) is 0 Å². The van der Waals surface area contributed by atoms with Crippen molar-refractivity contribution < 1.29 is 10.0 Å². The SMILES string of the molecule is OB(O)C1=CC2C(=CC(Cl)=C3N=CC=CC32)c2ccccc21. The summed E-state index contributed by atoms with van der Waals surface area (Å²) < 4.78 is 0. The van der Waals surface area contributed by atoms with E-state index < -0.39 is 7.12 Å². The Morgan fingerprint density at radius 3 is 2.64 bits per heavy atom. The molecule has 5 heteroatoms. The van der Waals surface area contributed by atoms with E-state index in [0.717, 1.165) is 22.4 Å². The molecular formula is C17H13BClNO2. The van der Waals surface area contributed by atoms with E-state index in [0.29, 0.717) is 10.5 Å². The van der Waals surface area contributed by atoms with Gasteiger partial charge < -0.3 is 10.0 Å². The van der Waals surface area contributed by atoms with Crippen LogP contribution in [0.5, 0.6) is 0 Å². The minimum absolute atomic E-state index is 0.0119. The number of hydrogen-bond acceptors (Lipinski definition) is 3. The van der Waals surface area contributed by atoms with E-state index >= 15 is 0 Å². The summed E-state index contributed by atoms with van der Waals surface area (Å²) in [5.74, 6) is 0.0394. The van der Waals surface area contributed by atoms with Gasteiger partial charge in [-0.3, -0.25) is 4.99 Å². The van der Waals surface area contributed by atoms with Crippen LogP contribution in [0, 0.1) is 11.8 Å². The van der Waals surface area contributed by atoms with Crippen LogP contribution in [0.3, 0.4) is 0 Å². The predicted molar refractivity (Wildman–Crippen MR) is 90.1 cm³/mol. The molecule has 1 aromatic carbocycles. The number of fused-ring (bicyclic) bond motifs is 5. The number of hydrogen-bond donors (Lipinski definition) is 2. The highest BCUT2D eigenvalue weighted by Crippen LogP contribution is 2.48. The Labute approximate surface area is 133 Å². The van der Waals surface area contributed by atoms with E-state index in [4.69, 9.17) is 11.6 Å². The first kappa shape index (κ1) is 13.8. The molecule has 0 saturated heterocycles. The fourth-order valence-electron chi connectivity index (χ4n) is 3.43. The van der Waals surface area contributed by atoms with Gasteiger partial charge in [-0.05, 0) is 34.3 Å². The van der Waals surface area contributed by atoms with Gasteiger partial charge in [0.05, 0.1) is 10.7 Å². The highest BCUT2D eigenvalue weighted by molar-refractivity contribution is 6.66. The van der Waals surface area contributed by atoms with Crippen LogP contribution < -0.4 is 0 Å². The second kappa shape index (κ2) is 5.09. The molecule has 1 aromatic rings. The number of dihydropyridines is 1. The number of halogens is 1. The first-order chi connectivity index (χ1) is 10.7.